The van der Waals surface area contributed by atoms with Gasteiger partial charge in [0.15, 0.2) is 5.78 Å². The van der Waals surface area contributed by atoms with E-state index in [2.05, 4.69) is 11.9 Å². The van der Waals surface area contributed by atoms with Crippen LogP contribution in [-0.2, 0) is 12.8 Å². The second-order valence-electron chi connectivity index (χ2n) is 3.84. The number of Topliss-reactive ketones (excluding diaryl/α,β-unsaturated/α-hetero) is 1. The van der Waals surface area contributed by atoms with Crippen LogP contribution in [0.1, 0.15) is 42.0 Å². The summed E-state index contributed by atoms with van der Waals surface area (Å²) in [5.74, 6) is 0.533. The van der Waals surface area contributed by atoms with Gasteiger partial charge in [-0.25, -0.2) is 0 Å². The highest BCUT2D eigenvalue weighted by Gasteiger charge is 2.25. The molecule has 2 heteroatoms. The van der Waals surface area contributed by atoms with E-state index in [9.17, 15) is 4.79 Å². The summed E-state index contributed by atoms with van der Waals surface area (Å²) in [6, 6.07) is 2.02. The topological polar surface area (TPSA) is 32.9 Å². The van der Waals surface area contributed by atoms with Gasteiger partial charge in [0.2, 0.25) is 0 Å². The highest BCUT2D eigenvalue weighted by molar-refractivity contribution is 5.99. The van der Waals surface area contributed by atoms with Crippen molar-refractivity contribution in [3.63, 3.8) is 0 Å². The molecule has 1 aromatic heterocycles. The van der Waals surface area contributed by atoms with Gasteiger partial charge < -0.3 is 4.98 Å². The number of H-pyrrole nitrogens is 1. The summed E-state index contributed by atoms with van der Waals surface area (Å²) in [6.07, 6.45) is 3.01. The molecular formula is C11H15NO. The summed E-state index contributed by atoms with van der Waals surface area (Å²) >= 11 is 0. The number of fused-ring (bicyclic) bond motifs is 1. The average molecular weight is 177 g/mol. The Balaban J connectivity index is 2.42. The summed E-state index contributed by atoms with van der Waals surface area (Å²) in [5.41, 5.74) is 3.28. The summed E-state index contributed by atoms with van der Waals surface area (Å²) < 4.78 is 0. The maximum Gasteiger partial charge on any atom is 0.167 e. The van der Waals surface area contributed by atoms with Crippen LogP contribution in [0.25, 0.3) is 0 Å². The van der Waals surface area contributed by atoms with Gasteiger partial charge >= 0.3 is 0 Å². The van der Waals surface area contributed by atoms with Crippen molar-refractivity contribution >= 4 is 5.78 Å². The fourth-order valence-corrected chi connectivity index (χ4v) is 1.92. The molecule has 0 saturated carbocycles. The van der Waals surface area contributed by atoms with Crippen molar-refractivity contribution in [3.8, 4) is 0 Å². The lowest BCUT2D eigenvalue weighted by Gasteiger charge is -2.16. The van der Waals surface area contributed by atoms with Crippen LogP contribution in [0.2, 0.25) is 0 Å². The maximum absolute atomic E-state index is 11.7. The third-order valence-corrected chi connectivity index (χ3v) is 2.88. The number of hydrogen-bond donors (Lipinski definition) is 1. The number of aromatic amines is 1. The zero-order chi connectivity index (χ0) is 9.42. The SMILES string of the molecule is CCc1cc2c([nH]1)CCC(C)C2=O. The normalized spacial score (nSPS) is 21.7. The molecule has 1 N–H and O–H groups in total. The van der Waals surface area contributed by atoms with Crippen molar-refractivity contribution in [3.05, 3.63) is 23.0 Å². The van der Waals surface area contributed by atoms with Gasteiger partial charge in [-0.3, -0.25) is 4.79 Å². The van der Waals surface area contributed by atoms with E-state index in [1.165, 1.54) is 5.69 Å². The number of aryl methyl sites for hydroxylation is 2. The molecular weight excluding hydrogens is 162 g/mol. The predicted molar refractivity (Wildman–Crippen MR) is 52.0 cm³/mol. The van der Waals surface area contributed by atoms with Crippen molar-refractivity contribution in [2.24, 2.45) is 5.92 Å². The molecule has 1 aromatic rings. The molecule has 0 radical (unpaired) electrons. The Hall–Kier alpha value is -1.05. The summed E-state index contributed by atoms with van der Waals surface area (Å²) in [7, 11) is 0. The number of hydrogen-bond acceptors (Lipinski definition) is 1. The first-order valence-corrected chi connectivity index (χ1v) is 4.97. The van der Waals surface area contributed by atoms with Crippen LogP contribution in [-0.4, -0.2) is 10.8 Å². The lowest BCUT2D eigenvalue weighted by Crippen LogP contribution is -2.18. The summed E-state index contributed by atoms with van der Waals surface area (Å²) in [5, 5.41) is 0. The largest absolute Gasteiger partial charge is 0.362 e. The van der Waals surface area contributed by atoms with Gasteiger partial charge in [0.1, 0.15) is 0 Å². The predicted octanol–water partition coefficient (Wildman–Crippen LogP) is 2.34. The third-order valence-electron chi connectivity index (χ3n) is 2.88. The van der Waals surface area contributed by atoms with Crippen LogP contribution in [0.3, 0.4) is 0 Å². The number of nitrogens with one attached hydrogen (secondary N) is 1. The van der Waals surface area contributed by atoms with E-state index in [-0.39, 0.29) is 5.92 Å². The molecule has 0 amide bonds. The molecule has 1 atom stereocenters. The van der Waals surface area contributed by atoms with Gasteiger partial charge in [-0.2, -0.15) is 0 Å². The molecule has 0 fully saturated rings. The number of carbonyl (C=O) groups is 1. The standard InChI is InChI=1S/C11H15NO/c1-3-8-6-9-10(12-8)5-4-7(2)11(9)13/h6-7,12H,3-5H2,1-2H3. The van der Waals surface area contributed by atoms with E-state index in [0.29, 0.717) is 5.78 Å². The first-order chi connectivity index (χ1) is 6.22. The van der Waals surface area contributed by atoms with E-state index in [0.717, 1.165) is 30.5 Å². The molecule has 1 aliphatic rings. The minimum atomic E-state index is 0.216. The molecule has 1 unspecified atom stereocenters. The van der Waals surface area contributed by atoms with Gasteiger partial charge in [0, 0.05) is 22.9 Å². The van der Waals surface area contributed by atoms with E-state index in [1.807, 2.05) is 13.0 Å². The van der Waals surface area contributed by atoms with Gasteiger partial charge in [-0.1, -0.05) is 13.8 Å². The Labute approximate surface area is 78.4 Å². The van der Waals surface area contributed by atoms with Gasteiger partial charge in [-0.15, -0.1) is 0 Å². The molecule has 1 heterocycles. The molecule has 0 saturated heterocycles. The smallest absolute Gasteiger partial charge is 0.167 e. The van der Waals surface area contributed by atoms with Crippen LogP contribution in [0, 0.1) is 5.92 Å². The molecule has 0 bridgehead atoms. The third kappa shape index (κ3) is 1.30. The van der Waals surface area contributed by atoms with E-state index in [4.69, 9.17) is 0 Å². The minimum absolute atomic E-state index is 0.216. The zero-order valence-corrected chi connectivity index (χ0v) is 8.18. The Morgan fingerprint density at radius 2 is 2.38 bits per heavy atom. The quantitative estimate of drug-likeness (QED) is 0.701. The number of aromatic nitrogens is 1. The van der Waals surface area contributed by atoms with Crippen molar-refractivity contribution in [1.82, 2.24) is 4.98 Å². The highest BCUT2D eigenvalue weighted by atomic mass is 16.1. The van der Waals surface area contributed by atoms with Gasteiger partial charge in [-0.05, 0) is 25.3 Å². The van der Waals surface area contributed by atoms with Crippen molar-refractivity contribution in [2.45, 2.75) is 33.1 Å². The Bertz CT molecular complexity index is 338. The second-order valence-corrected chi connectivity index (χ2v) is 3.84. The van der Waals surface area contributed by atoms with Crippen molar-refractivity contribution < 1.29 is 4.79 Å². The summed E-state index contributed by atoms with van der Waals surface area (Å²) in [6.45, 7) is 4.12. The first-order valence-electron chi connectivity index (χ1n) is 4.97. The van der Waals surface area contributed by atoms with Crippen LogP contribution < -0.4 is 0 Å². The Morgan fingerprint density at radius 3 is 3.08 bits per heavy atom. The van der Waals surface area contributed by atoms with Crippen LogP contribution >= 0.6 is 0 Å². The maximum atomic E-state index is 11.7. The molecule has 1 aliphatic carbocycles. The first kappa shape index (κ1) is 8.54. The number of carbonyl (C=O) groups excluding carboxylic acids is 1. The van der Waals surface area contributed by atoms with Crippen molar-refractivity contribution in [1.29, 1.82) is 0 Å². The lowest BCUT2D eigenvalue weighted by atomic mass is 9.88. The monoisotopic (exact) mass is 177 g/mol. The Kier molecular flexibility index (Phi) is 1.98. The fourth-order valence-electron chi connectivity index (χ4n) is 1.92. The average Bonchev–Trinajstić information content (AvgIpc) is 2.55. The highest BCUT2D eigenvalue weighted by Crippen LogP contribution is 2.25. The molecule has 0 aromatic carbocycles. The molecule has 2 nitrogen and oxygen atoms in total. The summed E-state index contributed by atoms with van der Waals surface area (Å²) in [4.78, 5) is 15.0. The molecule has 0 spiro atoms. The van der Waals surface area contributed by atoms with E-state index in [1.54, 1.807) is 0 Å². The number of ketones is 1. The molecule has 0 aliphatic heterocycles. The van der Waals surface area contributed by atoms with Gasteiger partial charge in [0.05, 0.1) is 0 Å². The fraction of sp³-hybridized carbons (Fsp3) is 0.545. The van der Waals surface area contributed by atoms with Crippen LogP contribution in [0.4, 0.5) is 0 Å². The molecule has 70 valence electrons. The van der Waals surface area contributed by atoms with Crippen molar-refractivity contribution in [2.75, 3.05) is 0 Å². The Morgan fingerprint density at radius 1 is 1.62 bits per heavy atom. The minimum Gasteiger partial charge on any atom is -0.362 e. The molecule has 13 heavy (non-hydrogen) atoms. The van der Waals surface area contributed by atoms with Gasteiger partial charge in [0.25, 0.3) is 0 Å². The van der Waals surface area contributed by atoms with Crippen LogP contribution in [0.5, 0.6) is 0 Å². The zero-order valence-electron chi connectivity index (χ0n) is 8.18. The lowest BCUT2D eigenvalue weighted by molar-refractivity contribution is 0.0913. The van der Waals surface area contributed by atoms with E-state index >= 15 is 0 Å². The number of rotatable bonds is 1. The second kappa shape index (κ2) is 3.02. The van der Waals surface area contributed by atoms with E-state index < -0.39 is 0 Å². The van der Waals surface area contributed by atoms with Crippen LogP contribution in [0.15, 0.2) is 6.07 Å². The molecule has 2 rings (SSSR count).